The van der Waals surface area contributed by atoms with E-state index in [0.29, 0.717) is 12.0 Å². The monoisotopic (exact) mass is 239 g/mol. The standard InChI is InChI=1S/C13H18FNO2/c1-3-13(9(2)15,8-12(16)17)10-6-4-5-7-11(10)14/h4-7,9H,3,8,15H2,1-2H3,(H,16,17). The number of aliphatic carboxylic acids is 1. The molecular weight excluding hydrogens is 221 g/mol. The molecule has 0 saturated heterocycles. The number of carboxylic acid groups (broad SMARTS) is 1. The molecule has 94 valence electrons. The third-order valence-electron chi connectivity index (χ3n) is 3.38. The number of benzene rings is 1. The molecule has 0 aliphatic heterocycles. The van der Waals surface area contributed by atoms with E-state index in [1.165, 1.54) is 6.07 Å². The Kier molecular flexibility index (Phi) is 4.23. The number of rotatable bonds is 5. The maximum Gasteiger partial charge on any atom is 0.304 e. The van der Waals surface area contributed by atoms with Gasteiger partial charge in [-0.1, -0.05) is 25.1 Å². The van der Waals surface area contributed by atoms with Crippen molar-refractivity contribution in [2.24, 2.45) is 5.73 Å². The van der Waals surface area contributed by atoms with Crippen LogP contribution in [0.1, 0.15) is 32.3 Å². The summed E-state index contributed by atoms with van der Waals surface area (Å²) in [5, 5.41) is 9.00. The number of nitrogens with two attached hydrogens (primary N) is 1. The Balaban J connectivity index is 3.32. The Morgan fingerprint density at radius 1 is 1.53 bits per heavy atom. The maximum atomic E-state index is 13.8. The molecule has 0 heterocycles. The van der Waals surface area contributed by atoms with Gasteiger partial charge in [0.25, 0.3) is 0 Å². The van der Waals surface area contributed by atoms with Crippen LogP contribution in [-0.4, -0.2) is 17.1 Å². The second-order valence-corrected chi connectivity index (χ2v) is 4.35. The molecule has 0 bridgehead atoms. The van der Waals surface area contributed by atoms with Crippen molar-refractivity contribution in [1.29, 1.82) is 0 Å². The molecule has 0 saturated carbocycles. The van der Waals surface area contributed by atoms with Crippen LogP contribution >= 0.6 is 0 Å². The highest BCUT2D eigenvalue weighted by Crippen LogP contribution is 2.36. The third-order valence-corrected chi connectivity index (χ3v) is 3.38. The lowest BCUT2D eigenvalue weighted by atomic mass is 9.70. The van der Waals surface area contributed by atoms with Gasteiger partial charge >= 0.3 is 5.97 Å². The normalized spacial score (nSPS) is 16.2. The highest BCUT2D eigenvalue weighted by Gasteiger charge is 2.38. The lowest BCUT2D eigenvalue weighted by molar-refractivity contribution is -0.138. The molecule has 0 aliphatic rings. The number of carbonyl (C=O) groups is 1. The van der Waals surface area contributed by atoms with Crippen LogP contribution in [0.3, 0.4) is 0 Å². The van der Waals surface area contributed by atoms with Gasteiger partial charge in [-0.05, 0) is 25.0 Å². The smallest absolute Gasteiger partial charge is 0.304 e. The van der Waals surface area contributed by atoms with E-state index >= 15 is 0 Å². The Morgan fingerprint density at radius 2 is 2.12 bits per heavy atom. The van der Waals surface area contributed by atoms with Crippen LogP contribution in [0, 0.1) is 5.82 Å². The van der Waals surface area contributed by atoms with Gasteiger partial charge in [0.15, 0.2) is 0 Å². The van der Waals surface area contributed by atoms with Gasteiger partial charge in [0.1, 0.15) is 5.82 Å². The molecule has 0 aromatic heterocycles. The molecule has 0 amide bonds. The number of hydrogen-bond acceptors (Lipinski definition) is 2. The number of halogens is 1. The first-order chi connectivity index (χ1) is 7.94. The van der Waals surface area contributed by atoms with Crippen LogP contribution in [0.25, 0.3) is 0 Å². The summed E-state index contributed by atoms with van der Waals surface area (Å²) in [5.41, 5.74) is 5.44. The minimum atomic E-state index is -0.965. The minimum absolute atomic E-state index is 0.165. The fraction of sp³-hybridized carbons (Fsp3) is 0.462. The summed E-state index contributed by atoms with van der Waals surface area (Å²) in [5.74, 6) is -1.36. The number of carboxylic acids is 1. The van der Waals surface area contributed by atoms with Gasteiger partial charge in [-0.2, -0.15) is 0 Å². The summed E-state index contributed by atoms with van der Waals surface area (Å²) in [6.45, 7) is 3.55. The molecule has 0 spiro atoms. The Labute approximate surface area is 100 Å². The largest absolute Gasteiger partial charge is 0.481 e. The molecule has 0 aliphatic carbocycles. The molecule has 1 aromatic rings. The summed E-state index contributed by atoms with van der Waals surface area (Å²) in [7, 11) is 0. The van der Waals surface area contributed by atoms with Crippen molar-refractivity contribution in [3.8, 4) is 0 Å². The molecule has 0 radical (unpaired) electrons. The molecule has 17 heavy (non-hydrogen) atoms. The first-order valence-electron chi connectivity index (χ1n) is 5.66. The van der Waals surface area contributed by atoms with Crippen LogP contribution in [0.2, 0.25) is 0 Å². The van der Waals surface area contributed by atoms with Crippen molar-refractivity contribution in [3.63, 3.8) is 0 Å². The fourth-order valence-electron chi connectivity index (χ4n) is 2.27. The molecule has 1 aromatic carbocycles. The van der Waals surface area contributed by atoms with Gasteiger partial charge in [0.2, 0.25) is 0 Å². The summed E-state index contributed by atoms with van der Waals surface area (Å²) < 4.78 is 13.8. The summed E-state index contributed by atoms with van der Waals surface area (Å²) >= 11 is 0. The maximum absolute atomic E-state index is 13.8. The zero-order valence-corrected chi connectivity index (χ0v) is 10.1. The van der Waals surface area contributed by atoms with E-state index in [-0.39, 0.29) is 6.42 Å². The predicted octanol–water partition coefficient (Wildman–Crippen LogP) is 2.30. The molecule has 4 heteroatoms. The highest BCUT2D eigenvalue weighted by atomic mass is 19.1. The fourth-order valence-corrected chi connectivity index (χ4v) is 2.27. The molecule has 1 rings (SSSR count). The predicted molar refractivity (Wildman–Crippen MR) is 64.3 cm³/mol. The molecule has 2 atom stereocenters. The average Bonchev–Trinajstić information content (AvgIpc) is 2.26. The first kappa shape index (κ1) is 13.6. The van der Waals surface area contributed by atoms with Crippen LogP contribution in [-0.2, 0) is 10.2 Å². The van der Waals surface area contributed by atoms with Gasteiger partial charge in [-0.15, -0.1) is 0 Å². The summed E-state index contributed by atoms with van der Waals surface area (Å²) in [6.07, 6.45) is 0.319. The zero-order valence-electron chi connectivity index (χ0n) is 10.1. The van der Waals surface area contributed by atoms with Gasteiger partial charge in [-0.25, -0.2) is 4.39 Å². The molecule has 2 unspecified atom stereocenters. The van der Waals surface area contributed by atoms with Crippen molar-refractivity contribution in [2.75, 3.05) is 0 Å². The van der Waals surface area contributed by atoms with E-state index in [2.05, 4.69) is 0 Å². The van der Waals surface area contributed by atoms with Crippen molar-refractivity contribution < 1.29 is 14.3 Å². The first-order valence-corrected chi connectivity index (χ1v) is 5.66. The van der Waals surface area contributed by atoms with Gasteiger partial charge in [0.05, 0.1) is 6.42 Å². The molecule has 3 nitrogen and oxygen atoms in total. The lowest BCUT2D eigenvalue weighted by Gasteiger charge is -2.36. The van der Waals surface area contributed by atoms with E-state index in [4.69, 9.17) is 10.8 Å². The summed E-state index contributed by atoms with van der Waals surface area (Å²) in [6, 6.07) is 5.81. The van der Waals surface area contributed by atoms with Crippen molar-refractivity contribution in [1.82, 2.24) is 0 Å². The van der Waals surface area contributed by atoms with E-state index in [9.17, 15) is 9.18 Å². The lowest BCUT2D eigenvalue weighted by Crippen LogP contribution is -2.45. The quantitative estimate of drug-likeness (QED) is 0.828. The Morgan fingerprint density at radius 3 is 2.53 bits per heavy atom. The SMILES string of the molecule is CCC(CC(=O)O)(c1ccccc1F)C(C)N. The van der Waals surface area contributed by atoms with Crippen molar-refractivity contribution in [3.05, 3.63) is 35.6 Å². The van der Waals surface area contributed by atoms with E-state index < -0.39 is 23.2 Å². The van der Waals surface area contributed by atoms with Crippen LogP contribution in [0.15, 0.2) is 24.3 Å². The van der Waals surface area contributed by atoms with Gasteiger partial charge in [-0.3, -0.25) is 4.79 Å². The number of hydrogen-bond donors (Lipinski definition) is 2. The Bertz CT molecular complexity index is 406. The van der Waals surface area contributed by atoms with Gasteiger partial charge in [0, 0.05) is 11.5 Å². The van der Waals surface area contributed by atoms with Crippen LogP contribution in [0.4, 0.5) is 4.39 Å². The molecular formula is C13H18FNO2. The Hall–Kier alpha value is -1.42. The minimum Gasteiger partial charge on any atom is -0.481 e. The highest BCUT2D eigenvalue weighted by molar-refractivity contribution is 5.69. The van der Waals surface area contributed by atoms with Crippen LogP contribution < -0.4 is 5.73 Å². The van der Waals surface area contributed by atoms with Crippen molar-refractivity contribution >= 4 is 5.97 Å². The average molecular weight is 239 g/mol. The topological polar surface area (TPSA) is 63.3 Å². The second kappa shape index (κ2) is 5.27. The van der Waals surface area contributed by atoms with E-state index in [1.807, 2.05) is 6.92 Å². The zero-order chi connectivity index (χ0) is 13.1. The van der Waals surface area contributed by atoms with Gasteiger partial charge < -0.3 is 10.8 Å². The molecule has 3 N–H and O–H groups in total. The summed E-state index contributed by atoms with van der Waals surface area (Å²) in [4.78, 5) is 11.0. The second-order valence-electron chi connectivity index (χ2n) is 4.35. The molecule has 0 fully saturated rings. The van der Waals surface area contributed by atoms with E-state index in [0.717, 1.165) is 0 Å². The van der Waals surface area contributed by atoms with Crippen LogP contribution in [0.5, 0.6) is 0 Å². The van der Waals surface area contributed by atoms with E-state index in [1.54, 1.807) is 25.1 Å². The third kappa shape index (κ3) is 2.64. The van der Waals surface area contributed by atoms with Crippen molar-refractivity contribution in [2.45, 2.75) is 38.1 Å².